The largest absolute Gasteiger partial charge is 0.492 e. The van der Waals surface area contributed by atoms with Gasteiger partial charge in [-0.2, -0.15) is 0 Å². The molecule has 1 N–H and O–H groups in total. The van der Waals surface area contributed by atoms with E-state index in [2.05, 4.69) is 15.9 Å². The third-order valence-electron chi connectivity index (χ3n) is 3.98. The molecule has 0 radical (unpaired) electrons. The summed E-state index contributed by atoms with van der Waals surface area (Å²) in [5, 5.41) is 9.02. The topological polar surface area (TPSA) is 72.8 Å². The van der Waals surface area contributed by atoms with Crippen LogP contribution in [0.1, 0.15) is 26.3 Å². The quantitative estimate of drug-likeness (QED) is 0.413. The second-order valence-electron chi connectivity index (χ2n) is 5.92. The van der Waals surface area contributed by atoms with Gasteiger partial charge in [0.15, 0.2) is 0 Å². The van der Waals surface area contributed by atoms with Gasteiger partial charge in [-0.15, -0.1) is 0 Å². The fourth-order valence-electron chi connectivity index (χ4n) is 2.56. The molecule has 0 amide bonds. The highest BCUT2D eigenvalue weighted by Crippen LogP contribution is 2.28. The highest BCUT2D eigenvalue weighted by molar-refractivity contribution is 9.10. The third kappa shape index (κ3) is 4.98. The highest BCUT2D eigenvalue weighted by Gasteiger charge is 2.17. The monoisotopic (exact) mass is 440 g/mol. The number of halogens is 1. The zero-order valence-electron chi connectivity index (χ0n) is 14.8. The van der Waals surface area contributed by atoms with Crippen LogP contribution in [0.5, 0.6) is 11.5 Å². The Balaban J connectivity index is 1.69. The molecule has 0 saturated heterocycles. The molecule has 5 nitrogen and oxygen atoms in total. The lowest BCUT2D eigenvalue weighted by atomic mass is 10.1. The van der Waals surface area contributed by atoms with E-state index in [9.17, 15) is 9.59 Å². The molecule has 0 aliphatic rings. The molecule has 0 bridgehead atoms. The van der Waals surface area contributed by atoms with Crippen LogP contribution < -0.4 is 9.47 Å². The van der Waals surface area contributed by atoms with Crippen LogP contribution in [0.2, 0.25) is 0 Å². The molecule has 0 aromatic heterocycles. The van der Waals surface area contributed by atoms with Crippen molar-refractivity contribution < 1.29 is 24.2 Å². The van der Waals surface area contributed by atoms with E-state index in [1.807, 2.05) is 30.3 Å². The highest BCUT2D eigenvalue weighted by atomic mass is 79.9. The van der Waals surface area contributed by atoms with Crippen molar-refractivity contribution in [2.75, 3.05) is 6.61 Å². The summed E-state index contributed by atoms with van der Waals surface area (Å²) in [5.41, 5.74) is 1.53. The molecule has 3 aromatic carbocycles. The zero-order chi connectivity index (χ0) is 19.9. The summed E-state index contributed by atoms with van der Waals surface area (Å²) in [4.78, 5) is 23.6. The van der Waals surface area contributed by atoms with Crippen LogP contribution in [0.25, 0.3) is 0 Å². The van der Waals surface area contributed by atoms with Crippen LogP contribution in [0.15, 0.2) is 77.3 Å². The van der Waals surface area contributed by atoms with Crippen molar-refractivity contribution in [1.29, 1.82) is 0 Å². The molecule has 0 aliphatic heterocycles. The minimum Gasteiger partial charge on any atom is -0.492 e. The van der Waals surface area contributed by atoms with Crippen molar-refractivity contribution >= 4 is 27.9 Å². The van der Waals surface area contributed by atoms with E-state index in [-0.39, 0.29) is 11.3 Å². The summed E-state index contributed by atoms with van der Waals surface area (Å²) in [6, 6.07) is 21.0. The molecule has 0 fully saturated rings. The number of carbonyl (C=O) groups is 2. The molecular weight excluding hydrogens is 424 g/mol. The maximum atomic E-state index is 12.6. The van der Waals surface area contributed by atoms with E-state index in [0.717, 1.165) is 5.56 Å². The molecule has 3 rings (SSSR count). The van der Waals surface area contributed by atoms with Crippen LogP contribution in [0.4, 0.5) is 0 Å². The minimum absolute atomic E-state index is 0.0938. The number of esters is 1. The van der Waals surface area contributed by atoms with Gasteiger partial charge in [-0.25, -0.2) is 9.59 Å². The van der Waals surface area contributed by atoms with E-state index >= 15 is 0 Å². The Bertz CT molecular complexity index is 985. The normalized spacial score (nSPS) is 10.3. The van der Waals surface area contributed by atoms with Crippen LogP contribution in [0, 0.1) is 0 Å². The lowest BCUT2D eigenvalue weighted by molar-refractivity contribution is 0.0696. The number of para-hydroxylation sites is 1. The SMILES string of the molecule is O=C(O)c1ccc(OC(=O)c2ccccc2OCCc2ccccc2)c(Br)c1. The first-order valence-corrected chi connectivity index (χ1v) is 9.34. The second-order valence-corrected chi connectivity index (χ2v) is 6.77. The van der Waals surface area contributed by atoms with Crippen molar-refractivity contribution in [3.63, 3.8) is 0 Å². The summed E-state index contributed by atoms with van der Waals surface area (Å²) < 4.78 is 11.6. The molecule has 0 aliphatic carbocycles. The van der Waals surface area contributed by atoms with Crippen molar-refractivity contribution in [2.45, 2.75) is 6.42 Å². The van der Waals surface area contributed by atoms with Gasteiger partial charge < -0.3 is 14.6 Å². The van der Waals surface area contributed by atoms with E-state index in [0.29, 0.717) is 28.8 Å². The number of carbonyl (C=O) groups excluding carboxylic acids is 1. The predicted molar refractivity (Wildman–Crippen MR) is 108 cm³/mol. The first-order valence-electron chi connectivity index (χ1n) is 8.55. The summed E-state index contributed by atoms with van der Waals surface area (Å²) in [6.45, 7) is 0.422. The first-order chi connectivity index (χ1) is 13.5. The fraction of sp³-hybridized carbons (Fsp3) is 0.0909. The molecule has 3 aromatic rings. The number of carboxylic acid groups (broad SMARTS) is 1. The van der Waals surface area contributed by atoms with Gasteiger partial charge in [0.2, 0.25) is 0 Å². The molecule has 142 valence electrons. The Kier molecular flexibility index (Phi) is 6.45. The van der Waals surface area contributed by atoms with Crippen molar-refractivity contribution in [3.05, 3.63) is 94.0 Å². The van der Waals surface area contributed by atoms with Crippen molar-refractivity contribution in [3.8, 4) is 11.5 Å². The predicted octanol–water partition coefficient (Wildman–Crippen LogP) is 4.99. The van der Waals surface area contributed by atoms with E-state index in [4.69, 9.17) is 14.6 Å². The molecule has 0 atom stereocenters. The van der Waals surface area contributed by atoms with Gasteiger partial charge in [0, 0.05) is 6.42 Å². The molecule has 6 heteroatoms. The third-order valence-corrected chi connectivity index (χ3v) is 4.60. The van der Waals surface area contributed by atoms with Gasteiger partial charge in [0.1, 0.15) is 17.1 Å². The number of rotatable bonds is 7. The maximum Gasteiger partial charge on any atom is 0.347 e. The van der Waals surface area contributed by atoms with Crippen LogP contribution in [-0.4, -0.2) is 23.7 Å². The second kappa shape index (κ2) is 9.19. The van der Waals surface area contributed by atoms with Crippen LogP contribution in [-0.2, 0) is 6.42 Å². The number of carboxylic acids is 1. The molecular formula is C22H17BrO5. The van der Waals surface area contributed by atoms with Gasteiger partial charge in [0.25, 0.3) is 0 Å². The standard InChI is InChI=1S/C22H17BrO5/c23-18-14-16(21(24)25)10-11-20(18)28-22(26)17-8-4-5-9-19(17)27-13-12-15-6-2-1-3-7-15/h1-11,14H,12-13H2,(H,24,25). The number of aromatic carboxylic acids is 1. The Morgan fingerprint density at radius 2 is 1.61 bits per heavy atom. The number of benzene rings is 3. The van der Waals surface area contributed by atoms with E-state index in [1.54, 1.807) is 24.3 Å². The van der Waals surface area contributed by atoms with Crippen LogP contribution in [0.3, 0.4) is 0 Å². The zero-order valence-corrected chi connectivity index (χ0v) is 16.4. The maximum absolute atomic E-state index is 12.6. The average molecular weight is 441 g/mol. The molecule has 0 saturated carbocycles. The van der Waals surface area contributed by atoms with Crippen molar-refractivity contribution in [2.24, 2.45) is 0 Å². The molecule has 0 unspecified atom stereocenters. The summed E-state index contributed by atoms with van der Waals surface area (Å²) in [7, 11) is 0. The van der Waals surface area contributed by atoms with E-state index in [1.165, 1.54) is 18.2 Å². The van der Waals surface area contributed by atoms with Gasteiger partial charge in [-0.05, 0) is 51.8 Å². The molecule has 0 heterocycles. The lowest BCUT2D eigenvalue weighted by Crippen LogP contribution is -2.12. The molecule has 28 heavy (non-hydrogen) atoms. The summed E-state index contributed by atoms with van der Waals surface area (Å²) >= 11 is 3.23. The first kappa shape index (κ1) is 19.6. The number of hydrogen-bond acceptors (Lipinski definition) is 4. The van der Waals surface area contributed by atoms with Gasteiger partial charge >= 0.3 is 11.9 Å². The van der Waals surface area contributed by atoms with Crippen molar-refractivity contribution in [1.82, 2.24) is 0 Å². The van der Waals surface area contributed by atoms with E-state index < -0.39 is 11.9 Å². The average Bonchev–Trinajstić information content (AvgIpc) is 2.70. The Labute approximate surface area is 170 Å². The number of hydrogen-bond donors (Lipinski definition) is 1. The van der Waals surface area contributed by atoms with Crippen LogP contribution >= 0.6 is 15.9 Å². The smallest absolute Gasteiger partial charge is 0.347 e. The Morgan fingerprint density at radius 1 is 0.893 bits per heavy atom. The minimum atomic E-state index is -1.06. The summed E-state index contributed by atoms with van der Waals surface area (Å²) in [6.07, 6.45) is 0.715. The lowest BCUT2D eigenvalue weighted by Gasteiger charge is -2.12. The summed E-state index contributed by atoms with van der Waals surface area (Å²) in [5.74, 6) is -0.981. The van der Waals surface area contributed by atoms with Gasteiger partial charge in [-0.3, -0.25) is 0 Å². The Morgan fingerprint density at radius 3 is 2.32 bits per heavy atom. The van der Waals surface area contributed by atoms with Gasteiger partial charge in [-0.1, -0.05) is 42.5 Å². The van der Waals surface area contributed by atoms with Gasteiger partial charge in [0.05, 0.1) is 16.6 Å². The molecule has 0 spiro atoms. The fourth-order valence-corrected chi connectivity index (χ4v) is 3.02. The Hall–Kier alpha value is -3.12. The number of ether oxygens (including phenoxy) is 2.